The number of rotatable bonds is 6. The van der Waals surface area contributed by atoms with Gasteiger partial charge in [-0.25, -0.2) is 0 Å². The fraction of sp³-hybridized carbons (Fsp3) is 0.467. The van der Waals surface area contributed by atoms with Gasteiger partial charge in [-0.2, -0.15) is 0 Å². The summed E-state index contributed by atoms with van der Waals surface area (Å²) in [5.74, 6) is 0.275. The Kier molecular flexibility index (Phi) is 6.18. The average molecular weight is 278 g/mol. The van der Waals surface area contributed by atoms with Gasteiger partial charge in [0.05, 0.1) is 0 Å². The van der Waals surface area contributed by atoms with Crippen molar-refractivity contribution in [1.82, 2.24) is 5.32 Å². The lowest BCUT2D eigenvalue weighted by Crippen LogP contribution is -2.93. The maximum Gasteiger partial charge on any atom is 0.282 e. The minimum absolute atomic E-state index is 0.0917. The zero-order chi connectivity index (χ0) is 15.1. The molecule has 0 fully saturated rings. The highest BCUT2D eigenvalue weighted by molar-refractivity contribution is 5.93. The van der Waals surface area contributed by atoms with E-state index in [1.165, 1.54) is 5.56 Å². The van der Waals surface area contributed by atoms with Gasteiger partial charge in [-0.3, -0.25) is 9.59 Å². The molecule has 5 nitrogen and oxygen atoms in total. The summed E-state index contributed by atoms with van der Waals surface area (Å²) >= 11 is 0. The maximum atomic E-state index is 12.0. The third-order valence-corrected chi connectivity index (χ3v) is 3.19. The van der Waals surface area contributed by atoms with Crippen molar-refractivity contribution in [2.45, 2.75) is 32.7 Å². The molecule has 0 aliphatic heterocycles. The predicted octanol–water partition coefficient (Wildman–Crippen LogP) is 0.446. The van der Waals surface area contributed by atoms with Crippen molar-refractivity contribution in [3.05, 3.63) is 29.8 Å². The lowest BCUT2D eigenvalue weighted by Gasteiger charge is -2.12. The van der Waals surface area contributed by atoms with Gasteiger partial charge in [-0.15, -0.1) is 0 Å². The Hall–Kier alpha value is -1.88. The molecule has 4 N–H and O–H groups in total. The van der Waals surface area contributed by atoms with Crippen LogP contribution in [0.5, 0.6) is 0 Å². The second-order valence-corrected chi connectivity index (χ2v) is 5.17. The number of nitrogens with two attached hydrogens (primary N) is 1. The van der Waals surface area contributed by atoms with Crippen LogP contribution >= 0.6 is 0 Å². The third kappa shape index (κ3) is 5.01. The summed E-state index contributed by atoms with van der Waals surface area (Å²) in [4.78, 5) is 23.1. The number of quaternary nitrogens is 1. The number of likely N-dealkylation sites (N-methyl/N-ethyl adjacent to an activating group) is 1. The lowest BCUT2D eigenvalue weighted by atomic mass is 10.0. The van der Waals surface area contributed by atoms with Crippen LogP contribution in [0.25, 0.3) is 0 Å². The van der Waals surface area contributed by atoms with E-state index in [1.807, 2.05) is 24.3 Å². The number of carbonyl (C=O) groups is 2. The molecule has 2 amide bonds. The Morgan fingerprint density at radius 1 is 1.15 bits per heavy atom. The summed E-state index contributed by atoms with van der Waals surface area (Å²) in [5, 5.41) is 7.08. The normalized spacial score (nSPS) is 12.1. The summed E-state index contributed by atoms with van der Waals surface area (Å²) in [6, 6.07) is 7.52. The van der Waals surface area contributed by atoms with Crippen LogP contribution in [0.4, 0.5) is 5.69 Å². The molecule has 0 bridgehead atoms. The molecule has 0 saturated carbocycles. The molecular weight excluding hydrogens is 254 g/mol. The van der Waals surface area contributed by atoms with Gasteiger partial charge < -0.3 is 16.0 Å². The second-order valence-electron chi connectivity index (χ2n) is 5.17. The molecule has 0 unspecified atom stereocenters. The molecule has 0 heterocycles. The summed E-state index contributed by atoms with van der Waals surface area (Å²) in [5.41, 5.74) is 2.02. The number of hydrogen-bond donors (Lipinski definition) is 3. The monoisotopic (exact) mass is 278 g/mol. The molecule has 1 aromatic carbocycles. The highest BCUT2D eigenvalue weighted by atomic mass is 16.2. The number of carbonyl (C=O) groups excluding carboxylic acids is 2. The van der Waals surface area contributed by atoms with Crippen molar-refractivity contribution in [3.63, 3.8) is 0 Å². The standard InChI is InChI=1S/C15H23N3O2/c1-10(2)12-5-7-13(8-6-12)18-15(20)11(3)17-9-14(19)16-4/h5-8,10-11,17H,9H2,1-4H3,(H,16,19)(H,18,20)/p+1/t11-/m1/s1. The first-order valence-electron chi connectivity index (χ1n) is 6.88. The van der Waals surface area contributed by atoms with Crippen LogP contribution in [0.3, 0.4) is 0 Å². The average Bonchev–Trinajstić information content (AvgIpc) is 2.44. The molecule has 5 heteroatoms. The second kappa shape index (κ2) is 7.65. The van der Waals surface area contributed by atoms with E-state index in [1.54, 1.807) is 19.3 Å². The van der Waals surface area contributed by atoms with Gasteiger partial charge in [-0.1, -0.05) is 26.0 Å². The van der Waals surface area contributed by atoms with Crippen LogP contribution < -0.4 is 16.0 Å². The summed E-state index contributed by atoms with van der Waals surface area (Å²) in [6.07, 6.45) is 0. The predicted molar refractivity (Wildman–Crippen MR) is 79.5 cm³/mol. The number of amides is 2. The quantitative estimate of drug-likeness (QED) is 0.706. The van der Waals surface area contributed by atoms with Crippen molar-refractivity contribution in [2.75, 3.05) is 18.9 Å². The fourth-order valence-corrected chi connectivity index (χ4v) is 1.70. The molecule has 0 spiro atoms. The van der Waals surface area contributed by atoms with Gasteiger partial charge in [0.25, 0.3) is 11.8 Å². The van der Waals surface area contributed by atoms with Crippen molar-refractivity contribution in [3.8, 4) is 0 Å². The van der Waals surface area contributed by atoms with Crippen LogP contribution in [-0.4, -0.2) is 31.4 Å². The Morgan fingerprint density at radius 3 is 2.25 bits per heavy atom. The summed E-state index contributed by atoms with van der Waals surface area (Å²) < 4.78 is 0. The first kappa shape index (κ1) is 16.2. The van der Waals surface area contributed by atoms with E-state index in [4.69, 9.17) is 0 Å². The molecule has 0 saturated heterocycles. The van der Waals surface area contributed by atoms with Crippen LogP contribution in [0, 0.1) is 0 Å². The Bertz CT molecular complexity index is 455. The van der Waals surface area contributed by atoms with Crippen LogP contribution in [0.15, 0.2) is 24.3 Å². The fourth-order valence-electron chi connectivity index (χ4n) is 1.70. The first-order chi connectivity index (χ1) is 9.43. The van der Waals surface area contributed by atoms with E-state index in [2.05, 4.69) is 24.5 Å². The van der Waals surface area contributed by atoms with Crippen molar-refractivity contribution in [1.29, 1.82) is 0 Å². The number of benzene rings is 1. The molecule has 0 aromatic heterocycles. The van der Waals surface area contributed by atoms with Gasteiger partial charge in [0.1, 0.15) is 0 Å². The first-order valence-corrected chi connectivity index (χ1v) is 6.88. The largest absolute Gasteiger partial charge is 0.354 e. The molecule has 0 aliphatic rings. The Morgan fingerprint density at radius 2 is 1.75 bits per heavy atom. The van der Waals surface area contributed by atoms with E-state index in [0.29, 0.717) is 5.92 Å². The number of hydrogen-bond acceptors (Lipinski definition) is 2. The SMILES string of the molecule is CNC(=O)C[NH2+][C@H](C)C(=O)Nc1ccc(C(C)C)cc1. The Balaban J connectivity index is 2.50. The van der Waals surface area contributed by atoms with Gasteiger partial charge >= 0.3 is 0 Å². The summed E-state index contributed by atoms with van der Waals surface area (Å²) in [7, 11) is 1.58. The highest BCUT2D eigenvalue weighted by Crippen LogP contribution is 2.17. The minimum atomic E-state index is -0.308. The summed E-state index contributed by atoms with van der Waals surface area (Å²) in [6.45, 7) is 6.28. The van der Waals surface area contributed by atoms with Gasteiger partial charge in [0, 0.05) is 12.7 Å². The van der Waals surface area contributed by atoms with E-state index in [9.17, 15) is 9.59 Å². The van der Waals surface area contributed by atoms with Crippen LogP contribution in [0.1, 0.15) is 32.3 Å². The van der Waals surface area contributed by atoms with Crippen molar-refractivity contribution < 1.29 is 14.9 Å². The molecule has 110 valence electrons. The van der Waals surface area contributed by atoms with Crippen LogP contribution in [0.2, 0.25) is 0 Å². The van der Waals surface area contributed by atoms with Gasteiger partial charge in [0.15, 0.2) is 12.6 Å². The Labute approximate surface area is 120 Å². The molecule has 0 radical (unpaired) electrons. The minimum Gasteiger partial charge on any atom is -0.354 e. The molecule has 1 aromatic rings. The van der Waals surface area contributed by atoms with Crippen LogP contribution in [-0.2, 0) is 9.59 Å². The molecule has 1 rings (SSSR count). The molecule has 0 aliphatic carbocycles. The number of anilines is 1. The van der Waals surface area contributed by atoms with E-state index >= 15 is 0 Å². The van der Waals surface area contributed by atoms with Gasteiger partial charge in [0.2, 0.25) is 0 Å². The molecule has 1 atom stereocenters. The van der Waals surface area contributed by atoms with Crippen molar-refractivity contribution in [2.24, 2.45) is 0 Å². The van der Waals surface area contributed by atoms with E-state index < -0.39 is 0 Å². The smallest absolute Gasteiger partial charge is 0.282 e. The zero-order valence-corrected chi connectivity index (χ0v) is 12.6. The van der Waals surface area contributed by atoms with Gasteiger partial charge in [-0.05, 0) is 30.5 Å². The van der Waals surface area contributed by atoms with E-state index in [0.717, 1.165) is 5.69 Å². The third-order valence-electron chi connectivity index (χ3n) is 3.19. The topological polar surface area (TPSA) is 74.8 Å². The van der Waals surface area contributed by atoms with Crippen molar-refractivity contribution >= 4 is 17.5 Å². The number of nitrogens with one attached hydrogen (secondary N) is 2. The maximum absolute atomic E-state index is 12.0. The zero-order valence-electron chi connectivity index (χ0n) is 12.6. The molecular formula is C15H24N3O2+. The molecule has 20 heavy (non-hydrogen) atoms. The highest BCUT2D eigenvalue weighted by Gasteiger charge is 2.17. The lowest BCUT2D eigenvalue weighted by molar-refractivity contribution is -0.662. The van der Waals surface area contributed by atoms with E-state index in [-0.39, 0.29) is 24.4 Å².